The molecular weight excluding hydrogens is 488 g/mol. The molecule has 5 aromatic rings. The van der Waals surface area contributed by atoms with Crippen molar-refractivity contribution in [1.82, 2.24) is 4.90 Å². The summed E-state index contributed by atoms with van der Waals surface area (Å²) >= 11 is 0. The van der Waals surface area contributed by atoms with Gasteiger partial charge in [-0.05, 0) is 36.2 Å². The van der Waals surface area contributed by atoms with Gasteiger partial charge in [0.15, 0.2) is 11.0 Å². The van der Waals surface area contributed by atoms with Gasteiger partial charge >= 0.3 is 0 Å². The molecule has 1 spiro atoms. The molecule has 0 aliphatic carbocycles. The fourth-order valence-corrected chi connectivity index (χ4v) is 5.96. The van der Waals surface area contributed by atoms with Crippen molar-refractivity contribution >= 4 is 28.5 Å². The van der Waals surface area contributed by atoms with Crippen LogP contribution in [0.3, 0.4) is 0 Å². The fourth-order valence-electron chi connectivity index (χ4n) is 5.96. The number of nitrogens with zero attached hydrogens (tertiary/aromatic N) is 2. The van der Waals surface area contributed by atoms with E-state index in [0.29, 0.717) is 28.8 Å². The van der Waals surface area contributed by atoms with Crippen LogP contribution in [0.1, 0.15) is 38.4 Å². The molecule has 2 amide bonds. The normalized spacial score (nSPS) is 17.8. The first kappa shape index (κ1) is 23.2. The van der Waals surface area contributed by atoms with E-state index in [-0.39, 0.29) is 29.2 Å². The smallest absolute Gasteiger partial charge is 0.291 e. The highest BCUT2D eigenvalue weighted by Gasteiger charge is 2.64. The van der Waals surface area contributed by atoms with Crippen molar-refractivity contribution in [2.75, 3.05) is 4.90 Å². The lowest BCUT2D eigenvalue weighted by Crippen LogP contribution is -2.52. The number of benzene rings is 4. The second-order valence-electron chi connectivity index (χ2n) is 10.1. The summed E-state index contributed by atoms with van der Waals surface area (Å²) in [5.74, 6) is -0.886. The first-order valence-electron chi connectivity index (χ1n) is 12.9. The Hall–Kier alpha value is -4.97. The molecule has 1 unspecified atom stereocenters. The molecule has 6 heteroatoms. The Balaban J connectivity index is 1.51. The maximum atomic E-state index is 14.8. The zero-order chi connectivity index (χ0) is 26.7. The van der Waals surface area contributed by atoms with E-state index in [0.717, 1.165) is 16.7 Å². The van der Waals surface area contributed by atoms with E-state index in [4.69, 9.17) is 4.42 Å². The average molecular weight is 513 g/mol. The van der Waals surface area contributed by atoms with E-state index in [9.17, 15) is 14.4 Å². The van der Waals surface area contributed by atoms with E-state index < -0.39 is 11.4 Å². The molecule has 0 bridgehead atoms. The van der Waals surface area contributed by atoms with Gasteiger partial charge in [0.25, 0.3) is 11.8 Å². The molecule has 7 rings (SSSR count). The van der Waals surface area contributed by atoms with Crippen LogP contribution in [-0.4, -0.2) is 16.7 Å². The molecule has 3 heterocycles. The van der Waals surface area contributed by atoms with Crippen molar-refractivity contribution in [3.05, 3.63) is 147 Å². The first-order valence-corrected chi connectivity index (χ1v) is 12.9. The highest BCUT2D eigenvalue weighted by molar-refractivity contribution is 6.17. The minimum atomic E-state index is -1.65. The van der Waals surface area contributed by atoms with Gasteiger partial charge < -0.3 is 14.2 Å². The van der Waals surface area contributed by atoms with Gasteiger partial charge in [0.2, 0.25) is 5.76 Å². The maximum absolute atomic E-state index is 14.8. The Morgan fingerprint density at radius 1 is 0.718 bits per heavy atom. The number of anilines is 1. The van der Waals surface area contributed by atoms with Gasteiger partial charge in [0.05, 0.1) is 23.2 Å². The number of fused-ring (bicyclic) bond motifs is 5. The summed E-state index contributed by atoms with van der Waals surface area (Å²) in [7, 11) is 0. The molecule has 1 atom stereocenters. The van der Waals surface area contributed by atoms with Gasteiger partial charge in [0.1, 0.15) is 5.58 Å². The van der Waals surface area contributed by atoms with Crippen LogP contribution >= 0.6 is 0 Å². The van der Waals surface area contributed by atoms with E-state index in [1.54, 1.807) is 29.2 Å². The molecule has 0 fully saturated rings. The van der Waals surface area contributed by atoms with Crippen LogP contribution in [0, 0.1) is 6.92 Å². The summed E-state index contributed by atoms with van der Waals surface area (Å²) in [5, 5.41) is 0.340. The maximum Gasteiger partial charge on any atom is 0.291 e. The van der Waals surface area contributed by atoms with Crippen molar-refractivity contribution in [2.24, 2.45) is 0 Å². The number of aryl methyl sites for hydroxylation is 1. The average Bonchev–Trinajstić information content (AvgIpc) is 3.35. The van der Waals surface area contributed by atoms with Crippen molar-refractivity contribution < 1.29 is 14.0 Å². The molecule has 1 aromatic heterocycles. The number of carbonyl (C=O) groups is 2. The SMILES string of the molecule is Cc1ccc(CN2C(=O)c3oc4ccccc4c(=O)c3C23C(=O)N(Cc2ccccc2)c2ccccc23)cc1. The van der Waals surface area contributed by atoms with E-state index in [2.05, 4.69) is 0 Å². The molecule has 0 N–H and O–H groups in total. The van der Waals surface area contributed by atoms with Crippen molar-refractivity contribution in [1.29, 1.82) is 0 Å². The van der Waals surface area contributed by atoms with Crippen LogP contribution in [0.2, 0.25) is 0 Å². The topological polar surface area (TPSA) is 70.8 Å². The largest absolute Gasteiger partial charge is 0.450 e. The Kier molecular flexibility index (Phi) is 5.07. The molecule has 2 aliphatic rings. The second kappa shape index (κ2) is 8.53. The molecule has 0 saturated carbocycles. The summed E-state index contributed by atoms with van der Waals surface area (Å²) in [6, 6.07) is 31.8. The highest BCUT2D eigenvalue weighted by Crippen LogP contribution is 2.53. The molecule has 0 radical (unpaired) electrons. The van der Waals surface area contributed by atoms with Gasteiger partial charge in [-0.3, -0.25) is 14.4 Å². The van der Waals surface area contributed by atoms with E-state index in [1.807, 2.05) is 85.8 Å². The first-order chi connectivity index (χ1) is 19.0. The lowest BCUT2D eigenvalue weighted by Gasteiger charge is -2.34. The van der Waals surface area contributed by atoms with E-state index in [1.165, 1.54) is 4.90 Å². The molecule has 6 nitrogen and oxygen atoms in total. The standard InChI is InChI=1S/C33H24N2O4/c1-21-15-17-23(18-16-21)20-35-31(37)30-28(29(36)24-11-5-8-14-27(24)39-30)33(35)25-12-6-7-13-26(25)34(32(33)38)19-22-9-3-2-4-10-22/h2-18H,19-20H2,1H3. The summed E-state index contributed by atoms with van der Waals surface area (Å²) in [6.45, 7) is 2.44. The molecule has 0 saturated heterocycles. The van der Waals surface area contributed by atoms with Crippen molar-refractivity contribution in [2.45, 2.75) is 25.6 Å². The highest BCUT2D eigenvalue weighted by atomic mass is 16.3. The predicted molar refractivity (Wildman–Crippen MR) is 148 cm³/mol. The van der Waals surface area contributed by atoms with Crippen LogP contribution in [-0.2, 0) is 23.4 Å². The summed E-state index contributed by atoms with van der Waals surface area (Å²) in [5.41, 5.74) is 2.56. The number of amides is 2. The number of hydrogen-bond acceptors (Lipinski definition) is 4. The Labute approximate surface area is 224 Å². The van der Waals surface area contributed by atoms with Gasteiger partial charge in [-0.2, -0.15) is 0 Å². The van der Waals surface area contributed by atoms with Gasteiger partial charge in [-0.25, -0.2) is 0 Å². The van der Waals surface area contributed by atoms with Crippen molar-refractivity contribution in [3.8, 4) is 0 Å². The minimum absolute atomic E-state index is 0.0736. The Morgan fingerprint density at radius 3 is 2.18 bits per heavy atom. The number of para-hydroxylation sites is 2. The van der Waals surface area contributed by atoms with Crippen molar-refractivity contribution in [3.63, 3.8) is 0 Å². The zero-order valence-electron chi connectivity index (χ0n) is 21.3. The summed E-state index contributed by atoms with van der Waals surface area (Å²) in [6.07, 6.45) is 0. The summed E-state index contributed by atoms with van der Waals surface area (Å²) < 4.78 is 6.13. The predicted octanol–water partition coefficient (Wildman–Crippen LogP) is 5.55. The Bertz CT molecular complexity index is 1840. The number of hydrogen-bond donors (Lipinski definition) is 0. The number of carbonyl (C=O) groups excluding carboxylic acids is 2. The Morgan fingerprint density at radius 2 is 1.38 bits per heavy atom. The third-order valence-corrected chi connectivity index (χ3v) is 7.79. The molecular formula is C33H24N2O4. The number of rotatable bonds is 4. The monoisotopic (exact) mass is 512 g/mol. The lowest BCUT2D eigenvalue weighted by atomic mass is 9.83. The van der Waals surface area contributed by atoms with Gasteiger partial charge in [-0.1, -0.05) is 90.5 Å². The zero-order valence-corrected chi connectivity index (χ0v) is 21.3. The summed E-state index contributed by atoms with van der Waals surface area (Å²) in [4.78, 5) is 46.4. The third-order valence-electron chi connectivity index (χ3n) is 7.79. The second-order valence-corrected chi connectivity index (χ2v) is 10.1. The van der Waals surface area contributed by atoms with Gasteiger partial charge in [-0.15, -0.1) is 0 Å². The lowest BCUT2D eigenvalue weighted by molar-refractivity contribution is -0.126. The van der Waals surface area contributed by atoms with Gasteiger partial charge in [0, 0.05) is 12.1 Å². The van der Waals surface area contributed by atoms with E-state index >= 15 is 0 Å². The fraction of sp³-hybridized carbons (Fsp3) is 0.121. The van der Waals surface area contributed by atoms with Crippen LogP contribution in [0.4, 0.5) is 5.69 Å². The molecule has 4 aromatic carbocycles. The minimum Gasteiger partial charge on any atom is -0.450 e. The quantitative estimate of drug-likeness (QED) is 0.317. The van der Waals surface area contributed by atoms with Crippen LogP contribution in [0.5, 0.6) is 0 Å². The van der Waals surface area contributed by atoms with Crippen LogP contribution in [0.15, 0.2) is 112 Å². The molecule has 190 valence electrons. The van der Waals surface area contributed by atoms with Crippen LogP contribution in [0.25, 0.3) is 11.0 Å². The molecule has 39 heavy (non-hydrogen) atoms. The third kappa shape index (κ3) is 3.24. The van der Waals surface area contributed by atoms with Crippen LogP contribution < -0.4 is 10.3 Å². The molecule has 2 aliphatic heterocycles.